The first-order valence-electron chi connectivity index (χ1n) is 6.27. The Kier molecular flexibility index (Phi) is 4.50. The maximum atomic E-state index is 12.0. The molecule has 0 saturated heterocycles. The topological polar surface area (TPSA) is 80.3 Å². The Bertz CT molecular complexity index is 656. The van der Waals surface area contributed by atoms with Crippen molar-refractivity contribution in [3.05, 3.63) is 59.4 Å². The lowest BCUT2D eigenvalue weighted by atomic mass is 10.1. The van der Waals surface area contributed by atoms with Crippen LogP contribution < -0.4 is 15.6 Å². The Hall–Kier alpha value is -2.89. The van der Waals surface area contributed by atoms with Gasteiger partial charge in [-0.1, -0.05) is 6.07 Å². The van der Waals surface area contributed by atoms with E-state index >= 15 is 0 Å². The molecule has 0 atom stereocenters. The maximum Gasteiger partial charge on any atom is 0.271 e. The molecule has 0 fully saturated rings. The fourth-order valence-corrected chi connectivity index (χ4v) is 1.72. The average molecular weight is 285 g/mol. The number of amides is 2. The molecule has 0 aliphatic rings. The van der Waals surface area contributed by atoms with Crippen molar-refractivity contribution < 1.29 is 14.3 Å². The van der Waals surface area contributed by atoms with Gasteiger partial charge in [-0.15, -0.1) is 0 Å². The quantitative estimate of drug-likeness (QED) is 0.837. The van der Waals surface area contributed by atoms with Gasteiger partial charge in [-0.25, -0.2) is 0 Å². The van der Waals surface area contributed by atoms with Crippen molar-refractivity contribution in [3.63, 3.8) is 0 Å². The first-order valence-corrected chi connectivity index (χ1v) is 6.27. The fraction of sp³-hybridized carbons (Fsp3) is 0.133. The number of hydrogen-bond acceptors (Lipinski definition) is 4. The molecule has 6 heteroatoms. The second-order valence-corrected chi connectivity index (χ2v) is 4.33. The SMILES string of the molecule is COc1cc(C(=O)NNC(=O)c2cccnc2)ccc1C. The van der Waals surface area contributed by atoms with Crippen LogP contribution in [-0.4, -0.2) is 23.9 Å². The summed E-state index contributed by atoms with van der Waals surface area (Å²) in [6.45, 7) is 1.88. The zero-order chi connectivity index (χ0) is 15.2. The molecule has 0 aliphatic heterocycles. The maximum absolute atomic E-state index is 12.0. The summed E-state index contributed by atoms with van der Waals surface area (Å²) in [7, 11) is 1.54. The third kappa shape index (κ3) is 3.56. The van der Waals surface area contributed by atoms with Crippen LogP contribution in [0.25, 0.3) is 0 Å². The van der Waals surface area contributed by atoms with Gasteiger partial charge < -0.3 is 4.74 Å². The van der Waals surface area contributed by atoms with Crippen molar-refractivity contribution in [2.45, 2.75) is 6.92 Å². The summed E-state index contributed by atoms with van der Waals surface area (Å²) in [6, 6.07) is 8.28. The van der Waals surface area contributed by atoms with Crippen LogP contribution in [0.15, 0.2) is 42.7 Å². The molecule has 2 amide bonds. The van der Waals surface area contributed by atoms with E-state index in [9.17, 15) is 9.59 Å². The molecule has 2 N–H and O–H groups in total. The number of hydrogen-bond donors (Lipinski definition) is 2. The Morgan fingerprint density at radius 2 is 1.81 bits per heavy atom. The number of nitrogens with one attached hydrogen (secondary N) is 2. The van der Waals surface area contributed by atoms with Crippen LogP contribution in [0.3, 0.4) is 0 Å². The molecule has 1 aromatic heterocycles. The summed E-state index contributed by atoms with van der Waals surface area (Å²) in [6.07, 6.45) is 2.98. The molecule has 2 rings (SSSR count). The van der Waals surface area contributed by atoms with Gasteiger partial charge in [0.15, 0.2) is 0 Å². The fourth-order valence-electron chi connectivity index (χ4n) is 1.72. The number of hydrazine groups is 1. The largest absolute Gasteiger partial charge is 0.496 e. The number of aromatic nitrogens is 1. The molecule has 0 unspecified atom stereocenters. The molecule has 0 aliphatic carbocycles. The minimum absolute atomic E-state index is 0.360. The number of carbonyl (C=O) groups is 2. The van der Waals surface area contributed by atoms with E-state index in [0.29, 0.717) is 16.9 Å². The highest BCUT2D eigenvalue weighted by molar-refractivity contribution is 5.99. The molecule has 1 aromatic carbocycles. The van der Waals surface area contributed by atoms with Crippen molar-refractivity contribution >= 4 is 11.8 Å². The number of benzene rings is 1. The first kappa shape index (κ1) is 14.5. The minimum atomic E-state index is -0.435. The summed E-state index contributed by atoms with van der Waals surface area (Å²) in [4.78, 5) is 27.6. The molecule has 2 aromatic rings. The van der Waals surface area contributed by atoms with E-state index in [1.807, 2.05) is 6.92 Å². The van der Waals surface area contributed by atoms with Crippen LogP contribution in [0.1, 0.15) is 26.3 Å². The van der Waals surface area contributed by atoms with Gasteiger partial charge in [0.05, 0.1) is 12.7 Å². The zero-order valence-electron chi connectivity index (χ0n) is 11.7. The number of aryl methyl sites for hydroxylation is 1. The lowest BCUT2D eigenvalue weighted by molar-refractivity contribution is 0.0846. The van der Waals surface area contributed by atoms with Crippen molar-refractivity contribution in [1.82, 2.24) is 15.8 Å². The second-order valence-electron chi connectivity index (χ2n) is 4.33. The molecule has 1 heterocycles. The van der Waals surface area contributed by atoms with Crippen LogP contribution in [0, 0.1) is 6.92 Å². The van der Waals surface area contributed by atoms with Gasteiger partial charge in [0, 0.05) is 18.0 Å². The minimum Gasteiger partial charge on any atom is -0.496 e. The summed E-state index contributed by atoms with van der Waals surface area (Å²) in [5.41, 5.74) is 6.35. The summed E-state index contributed by atoms with van der Waals surface area (Å²) < 4.78 is 5.16. The van der Waals surface area contributed by atoms with Gasteiger partial charge in [-0.05, 0) is 36.8 Å². The van der Waals surface area contributed by atoms with E-state index in [1.54, 1.807) is 36.5 Å². The Labute approximate surface area is 122 Å². The van der Waals surface area contributed by atoms with Crippen molar-refractivity contribution in [2.24, 2.45) is 0 Å². The van der Waals surface area contributed by atoms with Gasteiger partial charge in [-0.3, -0.25) is 25.4 Å². The first-order chi connectivity index (χ1) is 10.1. The highest BCUT2D eigenvalue weighted by Gasteiger charge is 2.10. The predicted octanol–water partition coefficient (Wildman–Crippen LogP) is 1.47. The van der Waals surface area contributed by atoms with Crippen molar-refractivity contribution in [3.8, 4) is 5.75 Å². The molecular weight excluding hydrogens is 270 g/mol. The Morgan fingerprint density at radius 1 is 1.10 bits per heavy atom. The third-order valence-electron chi connectivity index (χ3n) is 2.88. The highest BCUT2D eigenvalue weighted by atomic mass is 16.5. The van der Waals surface area contributed by atoms with Crippen LogP contribution in [0.4, 0.5) is 0 Å². The average Bonchev–Trinajstić information content (AvgIpc) is 2.53. The number of methoxy groups -OCH3 is 1. The molecule has 21 heavy (non-hydrogen) atoms. The zero-order valence-corrected chi connectivity index (χ0v) is 11.7. The molecule has 0 spiro atoms. The van der Waals surface area contributed by atoms with Crippen molar-refractivity contribution in [2.75, 3.05) is 7.11 Å². The number of rotatable bonds is 3. The van der Waals surface area contributed by atoms with Crippen molar-refractivity contribution in [1.29, 1.82) is 0 Å². The van der Waals surface area contributed by atoms with Crippen LogP contribution in [0.5, 0.6) is 5.75 Å². The normalized spacial score (nSPS) is 9.81. The van der Waals surface area contributed by atoms with Gasteiger partial charge in [0.2, 0.25) is 0 Å². The van der Waals surface area contributed by atoms with E-state index in [-0.39, 0.29) is 0 Å². The number of ether oxygens (including phenoxy) is 1. The highest BCUT2D eigenvalue weighted by Crippen LogP contribution is 2.18. The van der Waals surface area contributed by atoms with Gasteiger partial charge in [-0.2, -0.15) is 0 Å². The standard InChI is InChI=1S/C15H15N3O3/c1-10-5-6-11(8-13(10)21-2)14(19)17-18-15(20)12-4-3-7-16-9-12/h3-9H,1-2H3,(H,17,19)(H,18,20). The Morgan fingerprint density at radius 3 is 2.43 bits per heavy atom. The molecule has 0 radical (unpaired) electrons. The molecule has 0 saturated carbocycles. The van der Waals surface area contributed by atoms with E-state index in [1.165, 1.54) is 13.3 Å². The van der Waals surface area contributed by atoms with Gasteiger partial charge in [0.1, 0.15) is 5.75 Å². The van der Waals surface area contributed by atoms with Gasteiger partial charge >= 0.3 is 0 Å². The molecule has 6 nitrogen and oxygen atoms in total. The summed E-state index contributed by atoms with van der Waals surface area (Å²) in [5, 5.41) is 0. The molecule has 108 valence electrons. The van der Waals surface area contributed by atoms with Crippen LogP contribution in [0.2, 0.25) is 0 Å². The van der Waals surface area contributed by atoms with E-state index < -0.39 is 11.8 Å². The number of carbonyl (C=O) groups excluding carboxylic acids is 2. The third-order valence-corrected chi connectivity index (χ3v) is 2.88. The Balaban J connectivity index is 2.00. The van der Waals surface area contributed by atoms with E-state index in [0.717, 1.165) is 5.56 Å². The smallest absolute Gasteiger partial charge is 0.271 e. The van der Waals surface area contributed by atoms with E-state index in [4.69, 9.17) is 4.74 Å². The van der Waals surface area contributed by atoms with Gasteiger partial charge in [0.25, 0.3) is 11.8 Å². The summed E-state index contributed by atoms with van der Waals surface area (Å²) >= 11 is 0. The van der Waals surface area contributed by atoms with Crippen LogP contribution >= 0.6 is 0 Å². The predicted molar refractivity (Wildman–Crippen MR) is 76.9 cm³/mol. The second kappa shape index (κ2) is 6.51. The monoisotopic (exact) mass is 285 g/mol. The number of pyridine rings is 1. The molecular formula is C15H15N3O3. The van der Waals surface area contributed by atoms with E-state index in [2.05, 4.69) is 15.8 Å². The molecule has 0 bridgehead atoms. The summed E-state index contributed by atoms with van der Waals surface area (Å²) in [5.74, 6) is -0.248. The lowest BCUT2D eigenvalue weighted by Gasteiger charge is -2.09. The van der Waals surface area contributed by atoms with Crippen LogP contribution in [-0.2, 0) is 0 Å². The lowest BCUT2D eigenvalue weighted by Crippen LogP contribution is -2.41. The number of nitrogens with zero attached hydrogens (tertiary/aromatic N) is 1.